The molecule has 2 heterocycles. The highest BCUT2D eigenvalue weighted by atomic mass is 35.5. The molecule has 0 spiro atoms. The summed E-state index contributed by atoms with van der Waals surface area (Å²) >= 11 is 5.70. The summed E-state index contributed by atoms with van der Waals surface area (Å²) in [7, 11) is 0. The minimum absolute atomic E-state index is 0.0845. The highest BCUT2D eigenvalue weighted by Gasteiger charge is 2.15. The molecule has 0 aromatic carbocycles. The van der Waals surface area contributed by atoms with Crippen LogP contribution in [0.25, 0.3) is 0 Å². The maximum atomic E-state index is 11.7. The number of aryl methyl sites for hydroxylation is 2. The van der Waals surface area contributed by atoms with Crippen molar-refractivity contribution in [3.05, 3.63) is 40.1 Å². The number of aromatic nitrogens is 1. The minimum atomic E-state index is -0.288. The highest BCUT2D eigenvalue weighted by molar-refractivity contribution is 6.32. The zero-order chi connectivity index (χ0) is 12.4. The van der Waals surface area contributed by atoms with Crippen molar-refractivity contribution >= 4 is 17.5 Å². The summed E-state index contributed by atoms with van der Waals surface area (Å²) in [6, 6.07) is 1.52. The summed E-state index contributed by atoms with van der Waals surface area (Å²) in [4.78, 5) is 11.7. The van der Waals surface area contributed by atoms with Gasteiger partial charge in [0.05, 0.1) is 17.5 Å². The molecular weight excluding hydrogens is 244 g/mol. The molecule has 1 N–H and O–H groups in total. The monoisotopic (exact) mass is 254 g/mol. The van der Waals surface area contributed by atoms with E-state index >= 15 is 0 Å². The topological polar surface area (TPSA) is 68.3 Å². The van der Waals surface area contributed by atoms with E-state index in [-0.39, 0.29) is 11.1 Å². The molecule has 0 fully saturated rings. The van der Waals surface area contributed by atoms with Crippen LogP contribution >= 0.6 is 11.6 Å². The van der Waals surface area contributed by atoms with Crippen molar-refractivity contribution in [2.24, 2.45) is 0 Å². The lowest BCUT2D eigenvalue weighted by molar-refractivity contribution is 0.0950. The molecule has 5 nitrogen and oxygen atoms in total. The quantitative estimate of drug-likeness (QED) is 0.914. The first-order chi connectivity index (χ1) is 8.09. The van der Waals surface area contributed by atoms with E-state index in [2.05, 4.69) is 10.5 Å². The number of carbonyl (C=O) groups is 1. The number of halogens is 1. The number of carbonyl (C=O) groups excluding carboxylic acids is 1. The number of nitrogens with zero attached hydrogens (tertiary/aromatic N) is 1. The van der Waals surface area contributed by atoms with Crippen molar-refractivity contribution in [2.45, 2.75) is 20.4 Å². The molecule has 2 aromatic rings. The third-order valence-corrected chi connectivity index (χ3v) is 2.76. The molecule has 0 aliphatic rings. The third-order valence-electron chi connectivity index (χ3n) is 2.47. The van der Waals surface area contributed by atoms with Gasteiger partial charge in [0.1, 0.15) is 5.76 Å². The lowest BCUT2D eigenvalue weighted by atomic mass is 10.2. The summed E-state index contributed by atoms with van der Waals surface area (Å²) in [5, 5.41) is 6.61. The maximum Gasteiger partial charge on any atom is 0.256 e. The molecule has 0 radical (unpaired) electrons. The van der Waals surface area contributed by atoms with Crippen molar-refractivity contribution < 1.29 is 13.7 Å². The fourth-order valence-corrected chi connectivity index (χ4v) is 1.67. The number of furan rings is 1. The van der Waals surface area contributed by atoms with Crippen LogP contribution in [0, 0.1) is 13.8 Å². The van der Waals surface area contributed by atoms with Crippen LogP contribution in [-0.2, 0) is 6.54 Å². The Hall–Kier alpha value is -1.75. The van der Waals surface area contributed by atoms with Gasteiger partial charge in [0.2, 0.25) is 5.22 Å². The molecule has 0 atom stereocenters. The van der Waals surface area contributed by atoms with Crippen molar-refractivity contribution in [1.29, 1.82) is 0 Å². The summed E-state index contributed by atoms with van der Waals surface area (Å²) in [6.45, 7) is 3.97. The second-order valence-electron chi connectivity index (χ2n) is 3.59. The number of nitrogens with one attached hydrogen (secondary N) is 1. The van der Waals surface area contributed by atoms with E-state index < -0.39 is 0 Å². The van der Waals surface area contributed by atoms with Crippen molar-refractivity contribution in [3.63, 3.8) is 0 Å². The van der Waals surface area contributed by atoms with Gasteiger partial charge in [-0.2, -0.15) is 0 Å². The number of rotatable bonds is 3. The number of hydrogen-bond acceptors (Lipinski definition) is 4. The average molecular weight is 255 g/mol. The Balaban J connectivity index is 2.05. The summed E-state index contributed by atoms with van der Waals surface area (Å²) in [5.41, 5.74) is 1.96. The molecule has 0 saturated heterocycles. The van der Waals surface area contributed by atoms with Gasteiger partial charge in [-0.05, 0) is 31.5 Å². The van der Waals surface area contributed by atoms with Gasteiger partial charge in [-0.15, -0.1) is 0 Å². The number of amides is 1. The van der Waals surface area contributed by atoms with E-state index in [1.807, 2.05) is 6.92 Å². The largest absolute Gasteiger partial charge is 0.452 e. The third kappa shape index (κ3) is 2.34. The Morgan fingerprint density at radius 3 is 2.82 bits per heavy atom. The second kappa shape index (κ2) is 4.63. The molecule has 0 saturated carbocycles. The minimum Gasteiger partial charge on any atom is -0.452 e. The van der Waals surface area contributed by atoms with Gasteiger partial charge in [0, 0.05) is 12.1 Å². The van der Waals surface area contributed by atoms with Crippen LogP contribution in [0.4, 0.5) is 0 Å². The lowest BCUT2D eigenvalue weighted by Crippen LogP contribution is -2.23. The lowest BCUT2D eigenvalue weighted by Gasteiger charge is -2.03. The smallest absolute Gasteiger partial charge is 0.256 e. The Bertz CT molecular complexity index is 525. The van der Waals surface area contributed by atoms with Crippen molar-refractivity contribution in [3.8, 4) is 0 Å². The molecule has 0 unspecified atom stereocenters. The molecule has 2 rings (SSSR count). The van der Waals surface area contributed by atoms with Crippen LogP contribution in [0.2, 0.25) is 5.22 Å². The van der Waals surface area contributed by atoms with E-state index in [1.165, 1.54) is 12.3 Å². The molecule has 2 aromatic heterocycles. The molecule has 1 amide bonds. The first-order valence-corrected chi connectivity index (χ1v) is 5.40. The molecular formula is C11H11ClN2O3. The van der Waals surface area contributed by atoms with Crippen LogP contribution in [-0.4, -0.2) is 11.1 Å². The maximum absolute atomic E-state index is 11.7. The summed E-state index contributed by atoms with van der Waals surface area (Å²) in [6.07, 6.45) is 1.37. The molecule has 0 aliphatic carbocycles. The van der Waals surface area contributed by atoms with Gasteiger partial charge >= 0.3 is 0 Å². The van der Waals surface area contributed by atoms with E-state index in [0.717, 1.165) is 11.3 Å². The van der Waals surface area contributed by atoms with Gasteiger partial charge in [-0.3, -0.25) is 4.79 Å². The van der Waals surface area contributed by atoms with Gasteiger partial charge in [0.25, 0.3) is 5.91 Å². The van der Waals surface area contributed by atoms with Crippen LogP contribution < -0.4 is 5.32 Å². The van der Waals surface area contributed by atoms with Gasteiger partial charge < -0.3 is 14.3 Å². The van der Waals surface area contributed by atoms with Crippen LogP contribution in [0.1, 0.15) is 27.4 Å². The Morgan fingerprint density at radius 1 is 1.53 bits per heavy atom. The van der Waals surface area contributed by atoms with Crippen LogP contribution in [0.5, 0.6) is 0 Å². The van der Waals surface area contributed by atoms with E-state index in [4.69, 9.17) is 20.5 Å². The van der Waals surface area contributed by atoms with Gasteiger partial charge in [-0.25, -0.2) is 0 Å². The van der Waals surface area contributed by atoms with Crippen LogP contribution in [0.15, 0.2) is 21.3 Å². The predicted molar refractivity (Wildman–Crippen MR) is 60.9 cm³/mol. The zero-order valence-corrected chi connectivity index (χ0v) is 10.2. The van der Waals surface area contributed by atoms with Gasteiger partial charge in [0.15, 0.2) is 0 Å². The van der Waals surface area contributed by atoms with E-state index in [9.17, 15) is 4.79 Å². The molecule has 0 aliphatic heterocycles. The first kappa shape index (κ1) is 11.7. The summed E-state index contributed by atoms with van der Waals surface area (Å²) in [5.74, 6) is 0.407. The normalized spacial score (nSPS) is 10.5. The van der Waals surface area contributed by atoms with Crippen LogP contribution in [0.3, 0.4) is 0 Å². The molecule has 6 heteroatoms. The van der Waals surface area contributed by atoms with Gasteiger partial charge in [-0.1, -0.05) is 5.16 Å². The van der Waals surface area contributed by atoms with Crippen molar-refractivity contribution in [2.75, 3.05) is 0 Å². The van der Waals surface area contributed by atoms with Crippen molar-refractivity contribution in [1.82, 2.24) is 10.5 Å². The fourth-order valence-electron chi connectivity index (χ4n) is 1.47. The Kier molecular flexibility index (Phi) is 3.19. The summed E-state index contributed by atoms with van der Waals surface area (Å²) < 4.78 is 9.84. The van der Waals surface area contributed by atoms with E-state index in [0.29, 0.717) is 17.9 Å². The molecule has 0 bridgehead atoms. The molecule has 90 valence electrons. The number of hydrogen-bond donors (Lipinski definition) is 1. The predicted octanol–water partition coefficient (Wildman–Crippen LogP) is 2.47. The molecule has 17 heavy (non-hydrogen) atoms. The first-order valence-electron chi connectivity index (χ1n) is 5.02. The second-order valence-corrected chi connectivity index (χ2v) is 3.94. The zero-order valence-electron chi connectivity index (χ0n) is 9.41. The average Bonchev–Trinajstić information content (AvgIpc) is 2.84. The fraction of sp³-hybridized carbons (Fsp3) is 0.273. The Morgan fingerprint density at radius 2 is 2.29 bits per heavy atom. The Labute approximate surface area is 103 Å². The standard InChI is InChI=1S/C11H11ClN2O3/c1-6-9(7(2)17-14-6)5-13-11(15)8-3-4-16-10(8)12/h3-4H,5H2,1-2H3,(H,13,15). The van der Waals surface area contributed by atoms with E-state index in [1.54, 1.807) is 6.92 Å². The highest BCUT2D eigenvalue weighted by Crippen LogP contribution is 2.17. The SMILES string of the molecule is Cc1noc(C)c1CNC(=O)c1ccoc1Cl.